The van der Waals surface area contributed by atoms with Crippen molar-refractivity contribution in [1.82, 2.24) is 19.8 Å². The average molecular weight is 508 g/mol. The molecule has 0 saturated carbocycles. The lowest BCUT2D eigenvalue weighted by Crippen LogP contribution is -2.49. The fourth-order valence-electron chi connectivity index (χ4n) is 4.54. The fraction of sp³-hybridized carbons (Fsp3) is 0.545. The Hall–Kier alpha value is -1.77. The van der Waals surface area contributed by atoms with Gasteiger partial charge in [0.1, 0.15) is 0 Å². The summed E-state index contributed by atoms with van der Waals surface area (Å²) in [5.41, 5.74) is 1.34. The number of guanidine groups is 1. The molecule has 3 atom stereocenters. The van der Waals surface area contributed by atoms with E-state index < -0.39 is 0 Å². The van der Waals surface area contributed by atoms with E-state index in [1.807, 2.05) is 19.6 Å². The predicted molar refractivity (Wildman–Crippen MR) is 130 cm³/mol. The van der Waals surface area contributed by atoms with Gasteiger partial charge in [0.2, 0.25) is 0 Å². The Labute approximate surface area is 191 Å². The largest absolute Gasteiger partial charge is 0.371 e. The number of halogens is 1. The Morgan fingerprint density at radius 1 is 1.17 bits per heavy atom. The molecular weight excluding hydrogens is 475 g/mol. The minimum absolute atomic E-state index is 0. The van der Waals surface area contributed by atoms with Crippen LogP contribution >= 0.6 is 24.0 Å². The van der Waals surface area contributed by atoms with E-state index in [0.717, 1.165) is 38.7 Å². The normalized spacial score (nSPS) is 25.0. The summed E-state index contributed by atoms with van der Waals surface area (Å²) < 4.78 is 2.25. The zero-order valence-electron chi connectivity index (χ0n) is 17.4. The SMILES string of the molecule is CN=C(NCC1CCN(c2ccccc2)C1)N1CCC(C)C(n2ccnc2)C1.I. The van der Waals surface area contributed by atoms with Crippen LogP contribution in [0, 0.1) is 11.8 Å². The molecule has 29 heavy (non-hydrogen) atoms. The summed E-state index contributed by atoms with van der Waals surface area (Å²) in [5.74, 6) is 2.35. The second kappa shape index (κ2) is 10.3. The van der Waals surface area contributed by atoms with Crippen LogP contribution in [-0.4, -0.2) is 60.2 Å². The Morgan fingerprint density at radius 2 is 2.00 bits per heavy atom. The van der Waals surface area contributed by atoms with Crippen molar-refractivity contribution in [2.75, 3.05) is 44.7 Å². The number of anilines is 1. The van der Waals surface area contributed by atoms with Crippen LogP contribution in [0.5, 0.6) is 0 Å². The van der Waals surface area contributed by atoms with Crippen LogP contribution in [0.3, 0.4) is 0 Å². The van der Waals surface area contributed by atoms with Crippen LogP contribution in [0.15, 0.2) is 54.0 Å². The maximum absolute atomic E-state index is 4.58. The molecule has 2 aliphatic rings. The topological polar surface area (TPSA) is 48.7 Å². The Kier molecular flexibility index (Phi) is 7.80. The van der Waals surface area contributed by atoms with E-state index in [4.69, 9.17) is 0 Å². The molecule has 0 aliphatic carbocycles. The molecule has 3 unspecified atom stereocenters. The van der Waals surface area contributed by atoms with Crippen molar-refractivity contribution in [2.24, 2.45) is 16.8 Å². The zero-order valence-corrected chi connectivity index (χ0v) is 19.8. The van der Waals surface area contributed by atoms with Crippen molar-refractivity contribution in [1.29, 1.82) is 0 Å². The molecule has 3 heterocycles. The lowest BCUT2D eigenvalue weighted by atomic mass is 9.93. The molecule has 158 valence electrons. The van der Waals surface area contributed by atoms with Crippen LogP contribution in [-0.2, 0) is 0 Å². The molecule has 0 radical (unpaired) electrons. The van der Waals surface area contributed by atoms with Gasteiger partial charge in [-0.3, -0.25) is 4.99 Å². The maximum atomic E-state index is 4.58. The summed E-state index contributed by atoms with van der Waals surface area (Å²) in [4.78, 5) is 13.7. The second-order valence-corrected chi connectivity index (χ2v) is 8.15. The number of rotatable bonds is 4. The monoisotopic (exact) mass is 508 g/mol. The number of piperidine rings is 1. The summed E-state index contributed by atoms with van der Waals surface area (Å²) in [7, 11) is 1.90. The van der Waals surface area contributed by atoms with Crippen molar-refractivity contribution in [3.05, 3.63) is 49.1 Å². The van der Waals surface area contributed by atoms with E-state index in [1.54, 1.807) is 0 Å². The lowest BCUT2D eigenvalue weighted by Gasteiger charge is -2.39. The fourth-order valence-corrected chi connectivity index (χ4v) is 4.54. The van der Waals surface area contributed by atoms with Crippen LogP contribution in [0.25, 0.3) is 0 Å². The number of likely N-dealkylation sites (tertiary alicyclic amines) is 1. The molecule has 6 nitrogen and oxygen atoms in total. The van der Waals surface area contributed by atoms with Gasteiger partial charge >= 0.3 is 0 Å². The molecule has 2 aliphatic heterocycles. The molecule has 2 aromatic rings. The number of nitrogens with zero attached hydrogens (tertiary/aromatic N) is 5. The Balaban J connectivity index is 0.00000240. The second-order valence-electron chi connectivity index (χ2n) is 8.15. The third-order valence-electron chi connectivity index (χ3n) is 6.29. The van der Waals surface area contributed by atoms with E-state index in [2.05, 4.69) is 73.1 Å². The van der Waals surface area contributed by atoms with Gasteiger partial charge in [-0.25, -0.2) is 4.98 Å². The number of benzene rings is 1. The average Bonchev–Trinajstić information content (AvgIpc) is 3.42. The molecule has 2 saturated heterocycles. The number of hydrogen-bond donors (Lipinski definition) is 1. The lowest BCUT2D eigenvalue weighted by molar-refractivity contribution is 0.188. The predicted octanol–water partition coefficient (Wildman–Crippen LogP) is 3.49. The minimum Gasteiger partial charge on any atom is -0.371 e. The summed E-state index contributed by atoms with van der Waals surface area (Å²) in [5, 5.41) is 3.66. The molecular formula is C22H33IN6. The van der Waals surface area contributed by atoms with Gasteiger partial charge in [0.25, 0.3) is 0 Å². The van der Waals surface area contributed by atoms with Gasteiger partial charge < -0.3 is 19.7 Å². The van der Waals surface area contributed by atoms with Gasteiger partial charge in [-0.1, -0.05) is 25.1 Å². The summed E-state index contributed by atoms with van der Waals surface area (Å²) in [6.45, 7) is 7.62. The quantitative estimate of drug-likeness (QED) is 0.391. The van der Waals surface area contributed by atoms with Crippen LogP contribution in [0.1, 0.15) is 25.8 Å². The molecule has 7 heteroatoms. The first kappa shape index (κ1) is 21.9. The van der Waals surface area contributed by atoms with Crippen LogP contribution in [0.4, 0.5) is 5.69 Å². The highest BCUT2D eigenvalue weighted by Gasteiger charge is 2.29. The maximum Gasteiger partial charge on any atom is 0.193 e. The number of imidazole rings is 1. The molecule has 0 bridgehead atoms. The first-order valence-corrected chi connectivity index (χ1v) is 10.5. The van der Waals surface area contributed by atoms with E-state index >= 15 is 0 Å². The number of hydrogen-bond acceptors (Lipinski definition) is 3. The van der Waals surface area contributed by atoms with E-state index in [-0.39, 0.29) is 24.0 Å². The van der Waals surface area contributed by atoms with Crippen LogP contribution in [0.2, 0.25) is 0 Å². The minimum atomic E-state index is 0. The Morgan fingerprint density at radius 3 is 2.72 bits per heavy atom. The van der Waals surface area contributed by atoms with Gasteiger partial charge in [0.15, 0.2) is 5.96 Å². The molecule has 1 aromatic heterocycles. The number of aliphatic imine (C=N–C) groups is 1. The van der Waals surface area contributed by atoms with Crippen molar-refractivity contribution >= 4 is 35.6 Å². The number of para-hydroxylation sites is 1. The molecule has 1 N–H and O–H groups in total. The van der Waals surface area contributed by atoms with Gasteiger partial charge in [-0.2, -0.15) is 0 Å². The van der Waals surface area contributed by atoms with Gasteiger partial charge in [-0.05, 0) is 36.8 Å². The smallest absolute Gasteiger partial charge is 0.193 e. The molecule has 4 rings (SSSR count). The van der Waals surface area contributed by atoms with Crippen molar-refractivity contribution in [3.8, 4) is 0 Å². The number of aromatic nitrogens is 2. The first-order valence-electron chi connectivity index (χ1n) is 10.5. The van der Waals surface area contributed by atoms with Crippen LogP contribution < -0.4 is 10.2 Å². The standard InChI is InChI=1S/C22H32N6.HI/c1-18-8-11-27(16-21(18)28-13-10-24-17-28)22(23-2)25-14-19-9-12-26(15-19)20-6-4-3-5-7-20;/h3-7,10,13,17-19,21H,8-9,11-12,14-16H2,1-2H3,(H,23,25);1H. The Bertz CT molecular complexity index is 763. The van der Waals surface area contributed by atoms with Crippen molar-refractivity contribution < 1.29 is 0 Å². The number of nitrogens with one attached hydrogen (secondary N) is 1. The van der Waals surface area contributed by atoms with E-state index in [0.29, 0.717) is 17.9 Å². The highest BCUT2D eigenvalue weighted by molar-refractivity contribution is 14.0. The highest BCUT2D eigenvalue weighted by atomic mass is 127. The van der Waals surface area contributed by atoms with E-state index in [1.165, 1.54) is 18.5 Å². The summed E-state index contributed by atoms with van der Waals surface area (Å²) in [6.07, 6.45) is 8.30. The van der Waals surface area contributed by atoms with Gasteiger partial charge in [0, 0.05) is 57.9 Å². The molecule has 0 spiro atoms. The van der Waals surface area contributed by atoms with Crippen molar-refractivity contribution in [3.63, 3.8) is 0 Å². The van der Waals surface area contributed by atoms with E-state index in [9.17, 15) is 0 Å². The van der Waals surface area contributed by atoms with Gasteiger partial charge in [-0.15, -0.1) is 24.0 Å². The molecule has 0 amide bonds. The zero-order chi connectivity index (χ0) is 19.3. The van der Waals surface area contributed by atoms with Crippen molar-refractivity contribution in [2.45, 2.75) is 25.8 Å². The first-order chi connectivity index (χ1) is 13.7. The summed E-state index contributed by atoms with van der Waals surface area (Å²) >= 11 is 0. The van der Waals surface area contributed by atoms with Gasteiger partial charge in [0.05, 0.1) is 12.4 Å². The summed E-state index contributed by atoms with van der Waals surface area (Å²) in [6, 6.07) is 11.2. The molecule has 2 fully saturated rings. The molecule has 1 aromatic carbocycles. The third-order valence-corrected chi connectivity index (χ3v) is 6.29. The highest BCUT2D eigenvalue weighted by Crippen LogP contribution is 2.27. The third kappa shape index (κ3) is 5.24.